The molecule has 0 aliphatic heterocycles. The number of nitro groups is 1. The monoisotopic (exact) mass is 614 g/mol. The smallest absolute Gasteiger partial charge is 0.341 e. The number of fused-ring (bicyclic) bond motifs is 1. The van der Waals surface area contributed by atoms with E-state index in [0.29, 0.717) is 33.7 Å². The van der Waals surface area contributed by atoms with Crippen LogP contribution in [0, 0.1) is 17.0 Å². The van der Waals surface area contributed by atoms with E-state index in [2.05, 4.69) is 27.8 Å². The van der Waals surface area contributed by atoms with Crippen molar-refractivity contribution < 1.29 is 24.0 Å². The topological polar surface area (TPSA) is 158 Å². The average Bonchev–Trinajstić information content (AvgIpc) is 3.53. The van der Waals surface area contributed by atoms with Crippen molar-refractivity contribution in [3.8, 4) is 0 Å². The van der Waals surface area contributed by atoms with Gasteiger partial charge >= 0.3 is 5.97 Å². The van der Waals surface area contributed by atoms with E-state index >= 15 is 0 Å². The summed E-state index contributed by atoms with van der Waals surface area (Å²) in [4.78, 5) is 50.3. The van der Waals surface area contributed by atoms with Crippen molar-refractivity contribution in [2.75, 3.05) is 17.7 Å². The number of aryl methyl sites for hydroxylation is 2. The van der Waals surface area contributed by atoms with Crippen molar-refractivity contribution >= 4 is 51.6 Å². The highest BCUT2D eigenvalue weighted by atomic mass is 32.2. The fourth-order valence-electron chi connectivity index (χ4n) is 4.67. The number of ether oxygens (including phenoxy) is 1. The van der Waals surface area contributed by atoms with Gasteiger partial charge in [-0.1, -0.05) is 31.2 Å². The highest BCUT2D eigenvalue weighted by Crippen LogP contribution is 2.38. The first-order valence-electron chi connectivity index (χ1n) is 13.9. The van der Waals surface area contributed by atoms with Gasteiger partial charge in [0, 0.05) is 28.6 Å². The van der Waals surface area contributed by atoms with E-state index in [-0.39, 0.29) is 36.1 Å². The lowest BCUT2D eigenvalue weighted by molar-refractivity contribution is -0.385. The van der Waals surface area contributed by atoms with Gasteiger partial charge in [-0.3, -0.25) is 19.7 Å². The number of nitrogens with one attached hydrogen (secondary N) is 2. The molecule has 0 saturated heterocycles. The molecular weight excluding hydrogens is 580 g/mol. The van der Waals surface area contributed by atoms with Crippen LogP contribution in [0.25, 0.3) is 0 Å². The number of unbranched alkanes of at least 4 members (excludes halogenated alkanes) is 1. The predicted octanol–water partition coefficient (Wildman–Crippen LogP) is 5.07. The van der Waals surface area contributed by atoms with Gasteiger partial charge in [-0.25, -0.2) is 4.79 Å². The highest BCUT2D eigenvalue weighted by Gasteiger charge is 2.27. The van der Waals surface area contributed by atoms with Gasteiger partial charge in [-0.15, -0.1) is 21.5 Å². The molecule has 12 nitrogen and oxygen atoms in total. The maximum atomic E-state index is 13.0. The Labute approximate surface area is 251 Å². The summed E-state index contributed by atoms with van der Waals surface area (Å²) in [5, 5.41) is 26.5. The molecule has 0 unspecified atom stereocenters. The van der Waals surface area contributed by atoms with Gasteiger partial charge < -0.3 is 19.9 Å². The number of rotatable bonds is 13. The Balaban J connectivity index is 1.43. The van der Waals surface area contributed by atoms with Crippen LogP contribution in [0.3, 0.4) is 0 Å². The summed E-state index contributed by atoms with van der Waals surface area (Å²) in [6.45, 7) is 6.34. The van der Waals surface area contributed by atoms with E-state index in [4.69, 9.17) is 4.74 Å². The Kier molecular flexibility index (Phi) is 10.7. The van der Waals surface area contributed by atoms with Crippen molar-refractivity contribution in [3.05, 3.63) is 61.3 Å². The molecule has 14 heteroatoms. The number of hydrogen-bond acceptors (Lipinski definition) is 10. The van der Waals surface area contributed by atoms with Crippen molar-refractivity contribution in [2.24, 2.45) is 0 Å². The van der Waals surface area contributed by atoms with E-state index in [0.717, 1.165) is 49.0 Å². The third-order valence-electron chi connectivity index (χ3n) is 6.84. The summed E-state index contributed by atoms with van der Waals surface area (Å²) in [5.41, 5.74) is 1.98. The van der Waals surface area contributed by atoms with E-state index in [9.17, 15) is 24.5 Å². The Hall–Kier alpha value is -3.78. The first kappa shape index (κ1) is 31.2. The predicted molar refractivity (Wildman–Crippen MR) is 160 cm³/mol. The van der Waals surface area contributed by atoms with Gasteiger partial charge in [0.15, 0.2) is 11.0 Å². The zero-order chi connectivity index (χ0) is 30.2. The number of thioether (sulfide) groups is 1. The number of amides is 2. The molecule has 4 rings (SSSR count). The Morgan fingerprint density at radius 2 is 1.98 bits per heavy atom. The fraction of sp³-hybridized carbons (Fsp3) is 0.464. The summed E-state index contributed by atoms with van der Waals surface area (Å²) < 4.78 is 7.15. The molecule has 3 aromatic rings. The Bertz CT molecular complexity index is 1480. The van der Waals surface area contributed by atoms with Crippen molar-refractivity contribution in [1.29, 1.82) is 0 Å². The molecule has 0 atom stereocenters. The van der Waals surface area contributed by atoms with E-state index in [1.165, 1.54) is 41.3 Å². The van der Waals surface area contributed by atoms with Crippen LogP contribution in [0.1, 0.15) is 82.1 Å². The first-order chi connectivity index (χ1) is 20.2. The summed E-state index contributed by atoms with van der Waals surface area (Å²) in [6, 6.07) is 4.33. The van der Waals surface area contributed by atoms with Crippen LogP contribution in [-0.4, -0.2) is 49.8 Å². The van der Waals surface area contributed by atoms with Gasteiger partial charge in [-0.05, 0) is 57.6 Å². The number of aromatic nitrogens is 3. The molecule has 0 bridgehead atoms. The minimum Gasteiger partial charge on any atom is -0.462 e. The molecular formula is C28H34N6O6S2. The van der Waals surface area contributed by atoms with Gasteiger partial charge in [-0.2, -0.15) is 0 Å². The molecule has 1 aromatic carbocycles. The van der Waals surface area contributed by atoms with Crippen molar-refractivity contribution in [2.45, 2.75) is 77.5 Å². The van der Waals surface area contributed by atoms with Crippen LogP contribution < -0.4 is 10.6 Å². The van der Waals surface area contributed by atoms with Crippen molar-refractivity contribution in [1.82, 2.24) is 20.1 Å². The molecule has 2 aromatic heterocycles. The molecule has 1 aliphatic carbocycles. The number of esters is 1. The fourth-order valence-corrected chi connectivity index (χ4v) is 6.75. The largest absolute Gasteiger partial charge is 0.462 e. The lowest BCUT2D eigenvalue weighted by Crippen LogP contribution is -2.25. The first-order valence-corrected chi connectivity index (χ1v) is 15.7. The van der Waals surface area contributed by atoms with Crippen LogP contribution >= 0.6 is 23.1 Å². The molecule has 0 saturated carbocycles. The molecule has 0 radical (unpaired) electrons. The van der Waals surface area contributed by atoms with Crippen LogP contribution in [0.5, 0.6) is 0 Å². The number of thiophene rings is 1. The molecule has 42 heavy (non-hydrogen) atoms. The van der Waals surface area contributed by atoms with Crippen molar-refractivity contribution in [3.63, 3.8) is 0 Å². The molecule has 0 fully saturated rings. The number of carbonyl (C=O) groups is 3. The molecule has 2 heterocycles. The van der Waals surface area contributed by atoms with Crippen LogP contribution in [0.2, 0.25) is 0 Å². The Morgan fingerprint density at radius 1 is 1.19 bits per heavy atom. The molecule has 2 N–H and O–H groups in total. The second-order valence-electron chi connectivity index (χ2n) is 9.82. The standard InChI is InChI=1S/C28H34N6O6S2/c1-4-6-13-33-22(15-29-25(36)18-12-11-17(3)20(14-18)34(38)39)31-32-28(33)41-16-23(35)30-26-24(27(37)40-5-2)19-9-7-8-10-21(19)42-26/h11-12,14H,4-10,13,15-16H2,1-3H3,(H,29,36)(H,30,35). The maximum absolute atomic E-state index is 13.0. The number of nitro benzene ring substituents is 1. The second-order valence-corrected chi connectivity index (χ2v) is 11.9. The van der Waals surface area contributed by atoms with E-state index < -0.39 is 16.8 Å². The maximum Gasteiger partial charge on any atom is 0.341 e. The van der Waals surface area contributed by atoms with Gasteiger partial charge in [0.2, 0.25) is 5.91 Å². The number of carbonyl (C=O) groups excluding carboxylic acids is 3. The molecule has 1 aliphatic rings. The Morgan fingerprint density at radius 3 is 2.71 bits per heavy atom. The summed E-state index contributed by atoms with van der Waals surface area (Å²) in [5.74, 6) is -0.588. The van der Waals surface area contributed by atoms with E-state index in [1.807, 2.05) is 4.57 Å². The minimum absolute atomic E-state index is 0.0501. The summed E-state index contributed by atoms with van der Waals surface area (Å²) in [6.07, 6.45) is 5.50. The normalized spacial score (nSPS) is 12.5. The summed E-state index contributed by atoms with van der Waals surface area (Å²) in [7, 11) is 0. The molecule has 0 spiro atoms. The van der Waals surface area contributed by atoms with Gasteiger partial charge in [0.25, 0.3) is 11.6 Å². The highest BCUT2D eigenvalue weighted by molar-refractivity contribution is 7.99. The van der Waals surface area contributed by atoms with Crippen LogP contribution in [0.4, 0.5) is 10.7 Å². The zero-order valence-electron chi connectivity index (χ0n) is 23.9. The number of anilines is 1. The quantitative estimate of drug-likeness (QED) is 0.116. The van der Waals surface area contributed by atoms with Crippen LogP contribution in [0.15, 0.2) is 23.4 Å². The zero-order valence-corrected chi connectivity index (χ0v) is 25.5. The van der Waals surface area contributed by atoms with Gasteiger partial charge in [0.1, 0.15) is 5.00 Å². The third kappa shape index (κ3) is 7.34. The van der Waals surface area contributed by atoms with E-state index in [1.54, 1.807) is 13.8 Å². The lowest BCUT2D eigenvalue weighted by Gasteiger charge is -2.12. The minimum atomic E-state index is -0.516. The lowest BCUT2D eigenvalue weighted by atomic mass is 9.95. The number of benzene rings is 1. The second kappa shape index (κ2) is 14.4. The number of nitrogens with zero attached hydrogens (tertiary/aromatic N) is 4. The van der Waals surface area contributed by atoms with Crippen LogP contribution in [-0.2, 0) is 35.5 Å². The summed E-state index contributed by atoms with van der Waals surface area (Å²) >= 11 is 2.66. The third-order valence-corrected chi connectivity index (χ3v) is 9.01. The molecule has 224 valence electrons. The molecule has 2 amide bonds. The average molecular weight is 615 g/mol. The van der Waals surface area contributed by atoms with Gasteiger partial charge in [0.05, 0.1) is 29.4 Å². The SMILES string of the molecule is CCCCn1c(CNC(=O)c2ccc(C)c([N+](=O)[O-])c2)nnc1SCC(=O)Nc1sc2c(c1C(=O)OCC)CCCC2. The number of hydrogen-bond donors (Lipinski definition) is 2.